The summed E-state index contributed by atoms with van der Waals surface area (Å²) in [7, 11) is 0. The summed E-state index contributed by atoms with van der Waals surface area (Å²) in [5.74, 6) is 1.07. The lowest BCUT2D eigenvalue weighted by Gasteiger charge is -2.00. The zero-order chi connectivity index (χ0) is 17.4. The Balaban J connectivity index is 1.51. The molecule has 0 atom stereocenters. The third-order valence-electron chi connectivity index (χ3n) is 3.57. The van der Waals surface area contributed by atoms with E-state index in [1.54, 1.807) is 12.1 Å². The van der Waals surface area contributed by atoms with Gasteiger partial charge in [0.2, 0.25) is 6.79 Å². The Kier molecular flexibility index (Phi) is 3.98. The number of hydrogen-bond donors (Lipinski definition) is 1. The standard InChI is InChI=1S/C17H12N2O4S2/c1-9(20)14-4-5-15(25-14)16(21)19-17-18-11(7-24-17)10-2-3-12-13(6-10)23-8-22-12/h2-7H,8H2,1H3,(H,18,19,21). The van der Waals surface area contributed by atoms with E-state index in [0.717, 1.165) is 11.3 Å². The molecule has 0 saturated heterocycles. The number of amides is 1. The summed E-state index contributed by atoms with van der Waals surface area (Å²) in [4.78, 5) is 29.1. The molecule has 6 nitrogen and oxygen atoms in total. The molecule has 1 amide bonds. The zero-order valence-electron chi connectivity index (χ0n) is 13.1. The normalized spacial score (nSPS) is 12.2. The number of carbonyl (C=O) groups excluding carboxylic acids is 2. The maximum atomic E-state index is 12.3. The Morgan fingerprint density at radius 2 is 1.92 bits per heavy atom. The second kappa shape index (κ2) is 6.30. The van der Waals surface area contributed by atoms with Crippen LogP contribution in [0.15, 0.2) is 35.7 Å². The van der Waals surface area contributed by atoms with Crippen molar-refractivity contribution in [2.75, 3.05) is 12.1 Å². The van der Waals surface area contributed by atoms with Gasteiger partial charge < -0.3 is 9.47 Å². The maximum Gasteiger partial charge on any atom is 0.267 e. The van der Waals surface area contributed by atoms with Crippen LogP contribution in [0, 0.1) is 0 Å². The van der Waals surface area contributed by atoms with Crippen molar-refractivity contribution in [1.29, 1.82) is 0 Å². The lowest BCUT2D eigenvalue weighted by Crippen LogP contribution is -2.09. The molecule has 3 heterocycles. The van der Waals surface area contributed by atoms with E-state index in [4.69, 9.17) is 9.47 Å². The average Bonchev–Trinajstić information content (AvgIpc) is 3.33. The molecule has 25 heavy (non-hydrogen) atoms. The highest BCUT2D eigenvalue weighted by molar-refractivity contribution is 7.16. The van der Waals surface area contributed by atoms with Gasteiger partial charge in [-0.15, -0.1) is 22.7 Å². The molecular formula is C17H12N2O4S2. The van der Waals surface area contributed by atoms with Crippen molar-refractivity contribution in [3.63, 3.8) is 0 Å². The van der Waals surface area contributed by atoms with E-state index in [1.807, 2.05) is 23.6 Å². The van der Waals surface area contributed by atoms with Gasteiger partial charge in [0.05, 0.1) is 15.4 Å². The molecule has 0 unspecified atom stereocenters. The smallest absolute Gasteiger partial charge is 0.267 e. The van der Waals surface area contributed by atoms with Crippen LogP contribution in [0.2, 0.25) is 0 Å². The van der Waals surface area contributed by atoms with E-state index in [2.05, 4.69) is 10.3 Å². The van der Waals surface area contributed by atoms with Crippen molar-refractivity contribution in [2.45, 2.75) is 6.92 Å². The molecule has 0 spiro atoms. The minimum Gasteiger partial charge on any atom is -0.454 e. The van der Waals surface area contributed by atoms with Crippen LogP contribution in [0.25, 0.3) is 11.3 Å². The molecule has 0 bridgehead atoms. The van der Waals surface area contributed by atoms with Crippen molar-refractivity contribution in [3.8, 4) is 22.8 Å². The van der Waals surface area contributed by atoms with E-state index < -0.39 is 0 Å². The van der Waals surface area contributed by atoms with E-state index in [-0.39, 0.29) is 18.5 Å². The number of rotatable bonds is 4. The number of aromatic nitrogens is 1. The monoisotopic (exact) mass is 372 g/mol. The van der Waals surface area contributed by atoms with Crippen LogP contribution in [0.5, 0.6) is 11.5 Å². The Morgan fingerprint density at radius 3 is 2.72 bits per heavy atom. The highest BCUT2D eigenvalue weighted by atomic mass is 32.1. The summed E-state index contributed by atoms with van der Waals surface area (Å²) < 4.78 is 10.7. The Labute approximate surface area is 151 Å². The predicted octanol–water partition coefficient (Wildman–Crippen LogP) is 4.06. The van der Waals surface area contributed by atoms with Crippen molar-refractivity contribution < 1.29 is 19.1 Å². The number of ketones is 1. The summed E-state index contributed by atoms with van der Waals surface area (Å²) in [6.45, 7) is 1.70. The first kappa shape index (κ1) is 15.8. The molecule has 1 N–H and O–H groups in total. The molecular weight excluding hydrogens is 360 g/mol. The minimum absolute atomic E-state index is 0.0524. The first-order chi connectivity index (χ1) is 12.1. The molecule has 0 fully saturated rings. The Morgan fingerprint density at radius 1 is 1.12 bits per heavy atom. The quantitative estimate of drug-likeness (QED) is 0.699. The van der Waals surface area contributed by atoms with Crippen LogP contribution in [0.3, 0.4) is 0 Å². The number of nitrogens with one attached hydrogen (secondary N) is 1. The van der Waals surface area contributed by atoms with Crippen LogP contribution < -0.4 is 14.8 Å². The number of ether oxygens (including phenoxy) is 2. The summed E-state index contributed by atoms with van der Waals surface area (Å²) in [5.41, 5.74) is 1.63. The average molecular weight is 372 g/mol. The molecule has 4 rings (SSSR count). The number of fused-ring (bicyclic) bond motifs is 1. The van der Waals surface area contributed by atoms with E-state index in [0.29, 0.717) is 26.4 Å². The third kappa shape index (κ3) is 3.13. The lowest BCUT2D eigenvalue weighted by molar-refractivity contribution is 0.101. The summed E-state index contributed by atoms with van der Waals surface area (Å²) in [6.07, 6.45) is 0. The second-order valence-corrected chi connectivity index (χ2v) is 7.22. The van der Waals surface area contributed by atoms with Gasteiger partial charge in [-0.2, -0.15) is 0 Å². The molecule has 8 heteroatoms. The molecule has 0 saturated carbocycles. The van der Waals surface area contributed by atoms with Crippen LogP contribution >= 0.6 is 22.7 Å². The summed E-state index contributed by atoms with van der Waals surface area (Å²) >= 11 is 2.51. The number of anilines is 1. The van der Waals surface area contributed by atoms with Crippen LogP contribution in [0.4, 0.5) is 5.13 Å². The third-order valence-corrected chi connectivity index (χ3v) is 5.51. The van der Waals surface area contributed by atoms with Gasteiger partial charge in [0.25, 0.3) is 5.91 Å². The van der Waals surface area contributed by atoms with E-state index in [1.165, 1.54) is 29.6 Å². The molecule has 1 aliphatic rings. The summed E-state index contributed by atoms with van der Waals surface area (Å²) in [6, 6.07) is 8.89. The Bertz CT molecular complexity index is 977. The molecule has 126 valence electrons. The van der Waals surface area contributed by atoms with Gasteiger partial charge in [0.15, 0.2) is 22.4 Å². The van der Waals surface area contributed by atoms with Crippen LogP contribution in [0.1, 0.15) is 26.3 Å². The SMILES string of the molecule is CC(=O)c1ccc(C(=O)Nc2nc(-c3ccc4c(c3)OCO4)cs2)s1. The first-order valence-electron chi connectivity index (χ1n) is 7.38. The van der Waals surface area contributed by atoms with Crippen molar-refractivity contribution >= 4 is 39.5 Å². The number of benzene rings is 1. The fourth-order valence-electron chi connectivity index (χ4n) is 2.33. The minimum atomic E-state index is -0.274. The second-order valence-electron chi connectivity index (χ2n) is 5.28. The van der Waals surface area contributed by atoms with Gasteiger partial charge in [0, 0.05) is 10.9 Å². The van der Waals surface area contributed by atoms with E-state index >= 15 is 0 Å². The molecule has 0 aliphatic carbocycles. The van der Waals surface area contributed by atoms with Gasteiger partial charge in [-0.1, -0.05) is 0 Å². The van der Waals surface area contributed by atoms with Gasteiger partial charge >= 0.3 is 0 Å². The van der Waals surface area contributed by atoms with Gasteiger partial charge in [-0.3, -0.25) is 14.9 Å². The van der Waals surface area contributed by atoms with Crippen LogP contribution in [-0.2, 0) is 0 Å². The van der Waals surface area contributed by atoms with Gasteiger partial charge in [-0.05, 0) is 37.3 Å². The zero-order valence-corrected chi connectivity index (χ0v) is 14.7. The van der Waals surface area contributed by atoms with Gasteiger partial charge in [0.1, 0.15) is 0 Å². The number of thiazole rings is 1. The van der Waals surface area contributed by atoms with Crippen molar-refractivity contribution in [1.82, 2.24) is 4.98 Å². The fraction of sp³-hybridized carbons (Fsp3) is 0.118. The van der Waals surface area contributed by atoms with E-state index in [9.17, 15) is 9.59 Å². The highest BCUT2D eigenvalue weighted by Crippen LogP contribution is 2.36. The summed E-state index contributed by atoms with van der Waals surface area (Å²) in [5, 5.41) is 5.12. The lowest BCUT2D eigenvalue weighted by atomic mass is 10.1. The molecule has 1 aliphatic heterocycles. The van der Waals surface area contributed by atoms with Crippen LogP contribution in [-0.4, -0.2) is 23.5 Å². The molecule has 1 aromatic carbocycles. The number of hydrogen-bond acceptors (Lipinski definition) is 7. The highest BCUT2D eigenvalue weighted by Gasteiger charge is 2.16. The van der Waals surface area contributed by atoms with Crippen molar-refractivity contribution in [2.24, 2.45) is 0 Å². The van der Waals surface area contributed by atoms with Gasteiger partial charge in [-0.25, -0.2) is 4.98 Å². The van der Waals surface area contributed by atoms with Crippen molar-refractivity contribution in [3.05, 3.63) is 45.5 Å². The number of carbonyl (C=O) groups is 2. The number of Topliss-reactive ketones (excluding diaryl/α,β-unsaturated/α-hetero) is 1. The molecule has 0 radical (unpaired) electrons. The first-order valence-corrected chi connectivity index (χ1v) is 9.07. The number of thiophene rings is 1. The molecule has 2 aromatic heterocycles. The Hall–Kier alpha value is -2.71. The maximum absolute atomic E-state index is 12.3. The predicted molar refractivity (Wildman–Crippen MR) is 95.9 cm³/mol. The fourth-order valence-corrected chi connectivity index (χ4v) is 3.84. The number of nitrogens with zero attached hydrogens (tertiary/aromatic N) is 1. The largest absolute Gasteiger partial charge is 0.454 e. The topological polar surface area (TPSA) is 77.5 Å². The molecule has 3 aromatic rings.